The van der Waals surface area contributed by atoms with Gasteiger partial charge in [-0.25, -0.2) is 14.6 Å². The lowest BCUT2D eigenvalue weighted by Gasteiger charge is -2.39. The number of halogens is 1. The van der Waals surface area contributed by atoms with Crippen molar-refractivity contribution in [2.75, 3.05) is 7.11 Å². The van der Waals surface area contributed by atoms with Crippen molar-refractivity contribution >= 4 is 50.6 Å². The number of urea groups is 1. The molecule has 5 atom stereocenters. The van der Waals surface area contributed by atoms with E-state index in [0.717, 1.165) is 35.7 Å². The quantitative estimate of drug-likeness (QED) is 0.181. The second-order valence-electron chi connectivity index (χ2n) is 12.3. The molecule has 0 radical (unpaired) electrons. The molecule has 3 heterocycles. The lowest BCUT2D eigenvalue weighted by Crippen LogP contribution is -2.59. The van der Waals surface area contributed by atoms with Crippen LogP contribution in [0.4, 0.5) is 4.79 Å². The molecule has 1 fully saturated rings. The fourth-order valence-electron chi connectivity index (χ4n) is 6.02. The van der Waals surface area contributed by atoms with E-state index in [-0.39, 0.29) is 36.9 Å². The maximum Gasteiger partial charge on any atom is 0.328 e. The van der Waals surface area contributed by atoms with Crippen LogP contribution in [0.2, 0.25) is 0 Å². The van der Waals surface area contributed by atoms with Crippen LogP contribution in [0.15, 0.2) is 41.4 Å². The summed E-state index contributed by atoms with van der Waals surface area (Å²) < 4.78 is 5.64. The van der Waals surface area contributed by atoms with E-state index in [2.05, 4.69) is 46.8 Å². The standard InChI is InChI=1S/C32H44BrN7O5/c1-18(2)13-25(39-32(44)40-19(3)9-8-10-20(40)4)29(41)37-26(15-23-22-11-6-7-12-24(22)36-28(23)33)30(42)38-27(31(43)45-5)14-21-16-34-17-35-21/h6-7,11-12,16-20,25-27,36H,8-10,13-15H2,1-5H3,(H,34,35)(H,37,41)(H,38,42)(H,39,44)/t19-,20+,25-,26+,27+/m0/s1. The Hall–Kier alpha value is -3.87. The highest BCUT2D eigenvalue weighted by Gasteiger charge is 2.34. The Morgan fingerprint density at radius 3 is 2.31 bits per heavy atom. The van der Waals surface area contributed by atoms with Gasteiger partial charge in [-0.1, -0.05) is 32.0 Å². The van der Waals surface area contributed by atoms with Crippen LogP contribution in [-0.2, 0) is 32.0 Å². The van der Waals surface area contributed by atoms with E-state index in [1.807, 2.05) is 56.9 Å². The van der Waals surface area contributed by atoms with Crippen molar-refractivity contribution in [1.82, 2.24) is 35.8 Å². The van der Waals surface area contributed by atoms with Crippen LogP contribution >= 0.6 is 15.9 Å². The summed E-state index contributed by atoms with van der Waals surface area (Å²) in [6.45, 7) is 7.99. The lowest BCUT2D eigenvalue weighted by molar-refractivity contribution is -0.145. The number of likely N-dealkylation sites (tertiary alicyclic amines) is 1. The number of esters is 1. The van der Waals surface area contributed by atoms with Crippen molar-refractivity contribution in [3.63, 3.8) is 0 Å². The smallest absolute Gasteiger partial charge is 0.328 e. The first-order valence-electron chi connectivity index (χ1n) is 15.5. The van der Waals surface area contributed by atoms with Gasteiger partial charge in [0.2, 0.25) is 11.8 Å². The number of aromatic amines is 2. The Kier molecular flexibility index (Phi) is 11.7. The number of imidazole rings is 1. The first-order valence-corrected chi connectivity index (χ1v) is 16.3. The third-order valence-corrected chi connectivity index (χ3v) is 9.01. The van der Waals surface area contributed by atoms with Crippen LogP contribution in [0.3, 0.4) is 0 Å². The molecule has 0 aliphatic carbocycles. The molecule has 0 unspecified atom stereocenters. The molecule has 0 spiro atoms. The summed E-state index contributed by atoms with van der Waals surface area (Å²) in [6, 6.07) is 4.49. The fourth-order valence-corrected chi connectivity index (χ4v) is 6.61. The molecule has 0 bridgehead atoms. The van der Waals surface area contributed by atoms with Crippen LogP contribution in [0.1, 0.15) is 64.6 Å². The highest BCUT2D eigenvalue weighted by atomic mass is 79.9. The Morgan fingerprint density at radius 1 is 1.00 bits per heavy atom. The number of methoxy groups -OCH3 is 1. The summed E-state index contributed by atoms with van der Waals surface area (Å²) in [7, 11) is 1.25. The van der Waals surface area contributed by atoms with E-state index in [4.69, 9.17) is 4.74 Å². The van der Waals surface area contributed by atoms with E-state index in [1.54, 1.807) is 6.20 Å². The van der Waals surface area contributed by atoms with Crippen LogP contribution in [0.5, 0.6) is 0 Å². The highest BCUT2D eigenvalue weighted by molar-refractivity contribution is 9.10. The maximum atomic E-state index is 13.9. The predicted molar refractivity (Wildman–Crippen MR) is 174 cm³/mol. The molecule has 0 saturated carbocycles. The van der Waals surface area contributed by atoms with Crippen molar-refractivity contribution < 1.29 is 23.9 Å². The van der Waals surface area contributed by atoms with Gasteiger partial charge in [-0.2, -0.15) is 0 Å². The molecular weight excluding hydrogens is 642 g/mol. The molecule has 45 heavy (non-hydrogen) atoms. The zero-order valence-corrected chi connectivity index (χ0v) is 28.1. The largest absolute Gasteiger partial charge is 0.467 e. The number of amides is 4. The highest BCUT2D eigenvalue weighted by Crippen LogP contribution is 2.28. The normalized spacial score (nSPS) is 18.7. The zero-order valence-electron chi connectivity index (χ0n) is 26.5. The average Bonchev–Trinajstić information content (AvgIpc) is 3.62. The predicted octanol–water partition coefficient (Wildman–Crippen LogP) is 3.97. The number of piperidine rings is 1. The minimum absolute atomic E-state index is 0.0550. The molecule has 12 nitrogen and oxygen atoms in total. The van der Waals surface area contributed by atoms with E-state index < -0.39 is 35.9 Å². The van der Waals surface area contributed by atoms with Gasteiger partial charge in [0.1, 0.15) is 18.1 Å². The van der Waals surface area contributed by atoms with Crippen LogP contribution in [0, 0.1) is 5.92 Å². The lowest BCUT2D eigenvalue weighted by atomic mass is 9.97. The topological polar surface area (TPSA) is 161 Å². The van der Waals surface area contributed by atoms with Gasteiger partial charge in [0.05, 0.1) is 18.0 Å². The van der Waals surface area contributed by atoms with Crippen LogP contribution in [-0.4, -0.2) is 81.0 Å². The number of rotatable bonds is 12. The van der Waals surface area contributed by atoms with Crippen molar-refractivity contribution in [2.45, 2.75) is 96.4 Å². The third-order valence-electron chi connectivity index (χ3n) is 8.33. The van der Waals surface area contributed by atoms with Gasteiger partial charge in [-0.05, 0) is 73.0 Å². The summed E-state index contributed by atoms with van der Waals surface area (Å²) in [6.07, 6.45) is 6.52. The molecule has 4 rings (SSSR count). The number of hydrogen-bond donors (Lipinski definition) is 5. The summed E-state index contributed by atoms with van der Waals surface area (Å²) in [5, 5.41) is 9.54. The van der Waals surface area contributed by atoms with E-state index >= 15 is 0 Å². The molecule has 13 heteroatoms. The van der Waals surface area contributed by atoms with E-state index in [0.29, 0.717) is 16.7 Å². The summed E-state index contributed by atoms with van der Waals surface area (Å²) in [4.78, 5) is 66.0. The van der Waals surface area contributed by atoms with Gasteiger partial charge >= 0.3 is 12.0 Å². The molecule has 1 aliphatic heterocycles. The zero-order chi connectivity index (χ0) is 32.7. The number of carbonyl (C=O) groups excluding carboxylic acids is 4. The van der Waals surface area contributed by atoms with Crippen molar-refractivity contribution in [2.24, 2.45) is 5.92 Å². The summed E-state index contributed by atoms with van der Waals surface area (Å²) in [5.74, 6) is -1.59. The Balaban J connectivity index is 1.61. The molecule has 2 aromatic heterocycles. The first kappa shape index (κ1) is 34.0. The monoisotopic (exact) mass is 685 g/mol. The third kappa shape index (κ3) is 8.65. The second kappa shape index (κ2) is 15.4. The molecule has 1 aliphatic rings. The van der Waals surface area contributed by atoms with Crippen LogP contribution < -0.4 is 16.0 Å². The SMILES string of the molecule is COC(=O)[C@@H](Cc1cnc[nH]1)NC(=O)[C@@H](Cc1c(Br)[nH]c2ccccc12)NC(=O)[C@H](CC(C)C)NC(=O)N1[C@H](C)CCC[C@@H]1C. The Bertz CT molecular complexity index is 1460. The van der Waals surface area contributed by atoms with Gasteiger partial charge < -0.3 is 35.6 Å². The van der Waals surface area contributed by atoms with Crippen LogP contribution in [0.25, 0.3) is 10.9 Å². The number of nitrogens with zero attached hydrogens (tertiary/aromatic N) is 2. The number of para-hydroxylation sites is 1. The summed E-state index contributed by atoms with van der Waals surface area (Å²) in [5.41, 5.74) is 2.28. The Labute approximate surface area is 272 Å². The molecule has 1 saturated heterocycles. The maximum absolute atomic E-state index is 13.9. The molecule has 3 aromatic rings. The minimum atomic E-state index is -1.08. The fraction of sp³-hybridized carbons (Fsp3) is 0.531. The molecule has 1 aromatic carbocycles. The van der Waals surface area contributed by atoms with E-state index in [1.165, 1.54) is 13.4 Å². The van der Waals surface area contributed by atoms with E-state index in [9.17, 15) is 19.2 Å². The number of hydrogen-bond acceptors (Lipinski definition) is 6. The average molecular weight is 687 g/mol. The number of H-pyrrole nitrogens is 2. The van der Waals surface area contributed by atoms with Gasteiger partial charge in [0, 0.05) is 47.7 Å². The molecule has 244 valence electrons. The second-order valence-corrected chi connectivity index (χ2v) is 13.1. The van der Waals surface area contributed by atoms with Gasteiger partial charge in [0.25, 0.3) is 0 Å². The number of aromatic nitrogens is 3. The number of nitrogens with one attached hydrogen (secondary N) is 5. The molecule has 5 N–H and O–H groups in total. The Morgan fingerprint density at radius 2 is 1.67 bits per heavy atom. The van der Waals surface area contributed by atoms with Gasteiger partial charge in [0.15, 0.2) is 0 Å². The number of fused-ring (bicyclic) bond motifs is 1. The van der Waals surface area contributed by atoms with Crippen molar-refractivity contribution in [1.29, 1.82) is 0 Å². The van der Waals surface area contributed by atoms with Gasteiger partial charge in [-0.15, -0.1) is 0 Å². The van der Waals surface area contributed by atoms with Crippen molar-refractivity contribution in [3.05, 3.63) is 52.7 Å². The first-order chi connectivity index (χ1) is 21.5. The number of carbonyl (C=O) groups is 4. The number of benzene rings is 1. The minimum Gasteiger partial charge on any atom is -0.467 e. The molecular formula is C32H44BrN7O5. The molecule has 4 amide bonds. The van der Waals surface area contributed by atoms with Crippen molar-refractivity contribution in [3.8, 4) is 0 Å². The number of ether oxygens (including phenoxy) is 1. The van der Waals surface area contributed by atoms with Gasteiger partial charge in [-0.3, -0.25) is 9.59 Å². The summed E-state index contributed by atoms with van der Waals surface area (Å²) >= 11 is 3.58.